The topological polar surface area (TPSA) is 95.2 Å². The smallest absolute Gasteiger partial charge is 0.184 e. The number of aromatic amines is 2. The molecule has 0 fully saturated rings. The molecule has 0 atom stereocenters. The van der Waals surface area contributed by atoms with Gasteiger partial charge in [0.05, 0.1) is 23.0 Å². The van der Waals surface area contributed by atoms with Crippen LogP contribution in [0.4, 0.5) is 5.69 Å². The zero-order valence-corrected chi connectivity index (χ0v) is 16.6. The molecule has 144 valence electrons. The Hall–Kier alpha value is -3.22. The Morgan fingerprint density at radius 3 is 2.64 bits per heavy atom. The predicted molar refractivity (Wildman–Crippen MR) is 112 cm³/mol. The molecule has 0 amide bonds. The summed E-state index contributed by atoms with van der Waals surface area (Å²) in [6, 6.07) is 6.50. The van der Waals surface area contributed by atoms with Crippen molar-refractivity contribution in [2.75, 3.05) is 5.32 Å². The normalized spacial score (nSPS) is 11.6. The van der Waals surface area contributed by atoms with Gasteiger partial charge < -0.3 is 5.32 Å². The molecule has 0 bridgehead atoms. The number of rotatable bonds is 6. The number of fused-ring (bicyclic) bond motifs is 1. The second-order valence-corrected chi connectivity index (χ2v) is 7.77. The number of hydrogen-bond acceptors (Lipinski definition) is 5. The van der Waals surface area contributed by atoms with Crippen molar-refractivity contribution in [3.63, 3.8) is 0 Å². The fraction of sp³-hybridized carbons (Fsp3) is 0.333. The third-order valence-electron chi connectivity index (χ3n) is 4.51. The van der Waals surface area contributed by atoms with Crippen molar-refractivity contribution < 1.29 is 0 Å². The number of anilines is 1. The van der Waals surface area contributed by atoms with Gasteiger partial charge in [-0.25, -0.2) is 4.98 Å². The van der Waals surface area contributed by atoms with E-state index in [-0.39, 0.29) is 6.04 Å². The number of benzene rings is 1. The number of aromatic nitrogens is 6. The molecule has 0 aliphatic carbocycles. The highest BCUT2D eigenvalue weighted by Crippen LogP contribution is 2.35. The molecule has 3 N–H and O–H groups in total. The maximum atomic E-state index is 4.71. The van der Waals surface area contributed by atoms with Gasteiger partial charge in [0.1, 0.15) is 5.82 Å². The molecular formula is C21H25N7. The van der Waals surface area contributed by atoms with Gasteiger partial charge in [-0.1, -0.05) is 19.9 Å². The minimum absolute atomic E-state index is 0.260. The van der Waals surface area contributed by atoms with Gasteiger partial charge in [0, 0.05) is 35.8 Å². The van der Waals surface area contributed by atoms with Gasteiger partial charge in [0.2, 0.25) is 0 Å². The van der Waals surface area contributed by atoms with Crippen molar-refractivity contribution in [3.05, 3.63) is 42.6 Å². The van der Waals surface area contributed by atoms with E-state index in [2.05, 4.69) is 70.5 Å². The van der Waals surface area contributed by atoms with Gasteiger partial charge in [-0.05, 0) is 37.5 Å². The van der Waals surface area contributed by atoms with E-state index in [0.29, 0.717) is 11.7 Å². The summed E-state index contributed by atoms with van der Waals surface area (Å²) >= 11 is 0. The van der Waals surface area contributed by atoms with Crippen LogP contribution < -0.4 is 5.32 Å². The van der Waals surface area contributed by atoms with Crippen LogP contribution in [0.1, 0.15) is 33.5 Å². The molecule has 0 aliphatic rings. The summed E-state index contributed by atoms with van der Waals surface area (Å²) in [5, 5.41) is 19.1. The Morgan fingerprint density at radius 2 is 1.93 bits per heavy atom. The van der Waals surface area contributed by atoms with Crippen LogP contribution in [0.3, 0.4) is 0 Å². The summed E-state index contributed by atoms with van der Waals surface area (Å²) in [7, 11) is 0. The molecule has 28 heavy (non-hydrogen) atoms. The lowest BCUT2D eigenvalue weighted by atomic mass is 10.0. The van der Waals surface area contributed by atoms with Gasteiger partial charge in [-0.15, -0.1) is 0 Å². The van der Waals surface area contributed by atoms with Crippen LogP contribution >= 0.6 is 0 Å². The third-order valence-corrected chi connectivity index (χ3v) is 4.51. The lowest BCUT2D eigenvalue weighted by Gasteiger charge is -2.16. The molecule has 3 heterocycles. The van der Waals surface area contributed by atoms with E-state index < -0.39 is 0 Å². The van der Waals surface area contributed by atoms with E-state index in [1.807, 2.05) is 24.7 Å². The summed E-state index contributed by atoms with van der Waals surface area (Å²) < 4.78 is 0. The van der Waals surface area contributed by atoms with Gasteiger partial charge in [-0.3, -0.25) is 15.2 Å². The first-order valence-corrected chi connectivity index (χ1v) is 9.61. The monoisotopic (exact) mass is 375 g/mol. The molecule has 7 nitrogen and oxygen atoms in total. The molecule has 0 radical (unpaired) electrons. The van der Waals surface area contributed by atoms with Gasteiger partial charge >= 0.3 is 0 Å². The summed E-state index contributed by atoms with van der Waals surface area (Å²) in [5.74, 6) is 2.08. The maximum absolute atomic E-state index is 4.71. The van der Waals surface area contributed by atoms with Crippen LogP contribution in [0, 0.1) is 5.92 Å². The molecule has 4 aromatic rings. The fourth-order valence-corrected chi connectivity index (χ4v) is 3.29. The van der Waals surface area contributed by atoms with E-state index in [1.54, 1.807) is 0 Å². The zero-order valence-electron chi connectivity index (χ0n) is 16.6. The van der Waals surface area contributed by atoms with Crippen molar-refractivity contribution in [2.45, 2.75) is 40.2 Å². The maximum Gasteiger partial charge on any atom is 0.184 e. The summed E-state index contributed by atoms with van der Waals surface area (Å²) in [6.07, 6.45) is 6.43. The minimum Gasteiger partial charge on any atom is -0.382 e. The number of nitrogens with zero attached hydrogens (tertiary/aromatic N) is 4. The van der Waals surface area contributed by atoms with Crippen LogP contribution in [0.15, 0.2) is 36.8 Å². The van der Waals surface area contributed by atoms with E-state index in [1.165, 1.54) is 0 Å². The van der Waals surface area contributed by atoms with Gasteiger partial charge in [-0.2, -0.15) is 10.2 Å². The number of hydrogen-bond donors (Lipinski definition) is 3. The summed E-state index contributed by atoms with van der Waals surface area (Å²) in [6.45, 7) is 8.59. The standard InChI is InChI=1S/C21H25N7/c1-12(2)7-19-26-21(28-27-19)17-11-22-18-6-5-14(15-9-23-24-10-15)8-16(18)20(17)25-13(3)4/h5-6,8-13H,7H2,1-4H3,(H,22,25)(H,23,24)(H,26,27,28). The molecule has 0 saturated carbocycles. The Kier molecular flexibility index (Phi) is 4.81. The second-order valence-electron chi connectivity index (χ2n) is 7.77. The van der Waals surface area contributed by atoms with Crippen molar-refractivity contribution in [3.8, 4) is 22.5 Å². The molecule has 1 aromatic carbocycles. The molecule has 7 heteroatoms. The van der Waals surface area contributed by atoms with Crippen molar-refractivity contribution in [1.29, 1.82) is 0 Å². The van der Waals surface area contributed by atoms with E-state index in [4.69, 9.17) is 4.98 Å². The van der Waals surface area contributed by atoms with Crippen LogP contribution in [0.2, 0.25) is 0 Å². The molecule has 4 rings (SSSR count). The minimum atomic E-state index is 0.260. The van der Waals surface area contributed by atoms with Crippen molar-refractivity contribution >= 4 is 16.6 Å². The number of pyridine rings is 1. The van der Waals surface area contributed by atoms with Crippen molar-refractivity contribution in [1.82, 2.24) is 30.4 Å². The zero-order chi connectivity index (χ0) is 19.7. The highest BCUT2D eigenvalue weighted by molar-refractivity contribution is 6.00. The van der Waals surface area contributed by atoms with E-state index in [9.17, 15) is 0 Å². The first-order valence-electron chi connectivity index (χ1n) is 9.61. The Bertz CT molecular complexity index is 1080. The van der Waals surface area contributed by atoms with E-state index in [0.717, 1.165) is 45.5 Å². The molecule has 0 spiro atoms. The highest BCUT2D eigenvalue weighted by Gasteiger charge is 2.17. The number of H-pyrrole nitrogens is 2. The summed E-state index contributed by atoms with van der Waals surface area (Å²) in [4.78, 5) is 9.37. The molecule has 0 saturated heterocycles. The fourth-order valence-electron chi connectivity index (χ4n) is 3.29. The largest absolute Gasteiger partial charge is 0.382 e. The first-order chi connectivity index (χ1) is 13.5. The third kappa shape index (κ3) is 3.60. The highest BCUT2D eigenvalue weighted by atomic mass is 15.2. The molecule has 0 unspecified atom stereocenters. The molecule has 0 aliphatic heterocycles. The first kappa shape index (κ1) is 18.2. The molecule has 3 aromatic heterocycles. The Balaban J connectivity index is 1.86. The number of nitrogens with one attached hydrogen (secondary N) is 3. The van der Waals surface area contributed by atoms with Crippen molar-refractivity contribution in [2.24, 2.45) is 5.92 Å². The second kappa shape index (κ2) is 7.42. The quantitative estimate of drug-likeness (QED) is 0.463. The summed E-state index contributed by atoms with van der Waals surface area (Å²) in [5.41, 5.74) is 4.96. The van der Waals surface area contributed by atoms with Gasteiger partial charge in [0.15, 0.2) is 5.82 Å². The average molecular weight is 375 g/mol. The van der Waals surface area contributed by atoms with E-state index >= 15 is 0 Å². The Labute approximate surface area is 164 Å². The van der Waals surface area contributed by atoms with Crippen LogP contribution in [-0.2, 0) is 6.42 Å². The molecular weight excluding hydrogens is 350 g/mol. The Morgan fingerprint density at radius 1 is 1.07 bits per heavy atom. The SMILES string of the molecule is CC(C)Cc1nc(-c2cnc3ccc(-c4cn[nH]c4)cc3c2NC(C)C)n[nH]1. The van der Waals surface area contributed by atoms with Crippen LogP contribution in [-0.4, -0.2) is 36.4 Å². The lowest BCUT2D eigenvalue weighted by Crippen LogP contribution is -2.11. The lowest BCUT2D eigenvalue weighted by molar-refractivity contribution is 0.622. The average Bonchev–Trinajstić information content (AvgIpc) is 3.33. The van der Waals surface area contributed by atoms with Crippen LogP contribution in [0.5, 0.6) is 0 Å². The van der Waals surface area contributed by atoms with Crippen LogP contribution in [0.25, 0.3) is 33.4 Å². The predicted octanol–water partition coefficient (Wildman–Crippen LogP) is 4.43. The van der Waals surface area contributed by atoms with Gasteiger partial charge in [0.25, 0.3) is 0 Å².